The Labute approximate surface area is 184 Å². The lowest BCUT2D eigenvalue weighted by molar-refractivity contribution is -0.160. The van der Waals surface area contributed by atoms with Crippen molar-refractivity contribution in [2.45, 2.75) is 44.1 Å². The lowest BCUT2D eigenvalue weighted by Crippen LogP contribution is -2.39. The third-order valence-corrected chi connectivity index (χ3v) is 6.48. The van der Waals surface area contributed by atoms with Crippen LogP contribution in [0.1, 0.15) is 33.6 Å². The van der Waals surface area contributed by atoms with Crippen molar-refractivity contribution in [1.29, 1.82) is 0 Å². The Balaban J connectivity index is 1.72. The van der Waals surface area contributed by atoms with Crippen molar-refractivity contribution in [3.8, 4) is 5.75 Å². The van der Waals surface area contributed by atoms with Crippen molar-refractivity contribution in [3.05, 3.63) is 48.5 Å². The van der Waals surface area contributed by atoms with E-state index in [0.717, 1.165) is 5.69 Å². The molecule has 168 valence electrons. The summed E-state index contributed by atoms with van der Waals surface area (Å²) in [4.78, 5) is 14.6. The molecule has 1 fully saturated rings. The summed E-state index contributed by atoms with van der Waals surface area (Å²) in [6.07, 6.45) is 1.32. The maximum atomic E-state index is 12.9. The topological polar surface area (TPSA) is 84.9 Å². The number of anilines is 2. The minimum atomic E-state index is -3.75. The maximum absolute atomic E-state index is 12.9. The standard InChI is InChI=1S/C23H30N2O5S/c1-23(2,3)30-22(26)17-13-15-25(16-14-17)21-8-6-5-7-20(21)24-31(27,28)19-11-9-18(29-4)10-12-19/h5-12,17,24H,13-16H2,1-4H3. The summed E-state index contributed by atoms with van der Waals surface area (Å²) >= 11 is 0. The van der Waals surface area contributed by atoms with E-state index in [1.165, 1.54) is 19.2 Å². The lowest BCUT2D eigenvalue weighted by atomic mass is 9.96. The molecule has 0 atom stereocenters. The van der Waals surface area contributed by atoms with Gasteiger partial charge in [0.2, 0.25) is 0 Å². The number of hydrogen-bond acceptors (Lipinski definition) is 6. The van der Waals surface area contributed by atoms with Crippen LogP contribution < -0.4 is 14.4 Å². The van der Waals surface area contributed by atoms with Crippen LogP contribution >= 0.6 is 0 Å². The second kappa shape index (κ2) is 9.18. The smallest absolute Gasteiger partial charge is 0.309 e. The average molecular weight is 447 g/mol. The van der Waals surface area contributed by atoms with E-state index in [-0.39, 0.29) is 16.8 Å². The van der Waals surface area contributed by atoms with E-state index in [1.54, 1.807) is 24.3 Å². The van der Waals surface area contributed by atoms with Gasteiger partial charge in [0.1, 0.15) is 11.4 Å². The van der Waals surface area contributed by atoms with E-state index < -0.39 is 15.6 Å². The highest BCUT2D eigenvalue weighted by molar-refractivity contribution is 7.92. The molecule has 1 N–H and O–H groups in total. The average Bonchev–Trinajstić information content (AvgIpc) is 2.73. The van der Waals surface area contributed by atoms with Gasteiger partial charge in [-0.25, -0.2) is 8.42 Å². The van der Waals surface area contributed by atoms with Crippen molar-refractivity contribution in [2.24, 2.45) is 5.92 Å². The molecule has 1 aliphatic rings. The molecule has 0 unspecified atom stereocenters. The van der Waals surface area contributed by atoms with Crippen LogP contribution in [-0.4, -0.2) is 40.2 Å². The number of rotatable bonds is 6. The fourth-order valence-electron chi connectivity index (χ4n) is 3.54. The molecule has 3 rings (SSSR count). The molecular formula is C23H30N2O5S. The van der Waals surface area contributed by atoms with E-state index in [1.807, 2.05) is 32.9 Å². The molecule has 7 nitrogen and oxygen atoms in total. The van der Waals surface area contributed by atoms with Crippen molar-refractivity contribution < 1.29 is 22.7 Å². The van der Waals surface area contributed by atoms with Gasteiger partial charge in [-0.2, -0.15) is 0 Å². The summed E-state index contributed by atoms with van der Waals surface area (Å²) in [5.41, 5.74) is 0.803. The maximum Gasteiger partial charge on any atom is 0.309 e. The number of benzene rings is 2. The van der Waals surface area contributed by atoms with Crippen molar-refractivity contribution in [1.82, 2.24) is 0 Å². The number of esters is 1. The van der Waals surface area contributed by atoms with Gasteiger partial charge in [-0.3, -0.25) is 9.52 Å². The van der Waals surface area contributed by atoms with Crippen LogP contribution in [0.15, 0.2) is 53.4 Å². The number of ether oxygens (including phenoxy) is 2. The molecule has 0 radical (unpaired) electrons. The first kappa shape index (κ1) is 22.9. The molecule has 8 heteroatoms. The van der Waals surface area contributed by atoms with E-state index >= 15 is 0 Å². The number of hydrogen-bond donors (Lipinski definition) is 1. The molecule has 1 aliphatic heterocycles. The molecule has 0 aromatic heterocycles. The largest absolute Gasteiger partial charge is 0.497 e. The Hall–Kier alpha value is -2.74. The zero-order valence-electron chi connectivity index (χ0n) is 18.4. The molecule has 1 saturated heterocycles. The molecule has 2 aromatic carbocycles. The van der Waals surface area contributed by atoms with Gasteiger partial charge in [-0.1, -0.05) is 12.1 Å². The fraction of sp³-hybridized carbons (Fsp3) is 0.435. The number of piperidine rings is 1. The second-order valence-electron chi connectivity index (χ2n) is 8.59. The summed E-state index contributed by atoms with van der Waals surface area (Å²) in [7, 11) is -2.22. The predicted octanol–water partition coefficient (Wildman–Crippen LogP) is 4.05. The van der Waals surface area contributed by atoms with E-state index in [4.69, 9.17) is 9.47 Å². The minimum absolute atomic E-state index is 0.140. The Morgan fingerprint density at radius 1 is 1.03 bits per heavy atom. The van der Waals surface area contributed by atoms with Crippen LogP contribution in [-0.2, 0) is 19.6 Å². The molecule has 0 bridgehead atoms. The molecular weight excluding hydrogens is 416 g/mol. The highest BCUT2D eigenvalue weighted by atomic mass is 32.2. The number of carbonyl (C=O) groups is 1. The van der Waals surface area contributed by atoms with Crippen LogP contribution in [0.2, 0.25) is 0 Å². The Kier molecular flexibility index (Phi) is 6.79. The summed E-state index contributed by atoms with van der Waals surface area (Å²) in [5.74, 6) is 0.284. The van der Waals surface area contributed by atoms with Gasteiger partial charge in [0.25, 0.3) is 10.0 Å². The Bertz CT molecular complexity index is 1010. The second-order valence-corrected chi connectivity index (χ2v) is 10.3. The monoisotopic (exact) mass is 446 g/mol. The molecule has 0 saturated carbocycles. The molecule has 1 heterocycles. The van der Waals surface area contributed by atoms with Crippen molar-refractivity contribution in [2.75, 3.05) is 29.8 Å². The first-order valence-electron chi connectivity index (χ1n) is 10.3. The highest BCUT2D eigenvalue weighted by Gasteiger charge is 2.30. The minimum Gasteiger partial charge on any atom is -0.497 e. The predicted molar refractivity (Wildman–Crippen MR) is 121 cm³/mol. The summed E-state index contributed by atoms with van der Waals surface area (Å²) in [5, 5.41) is 0. The summed E-state index contributed by atoms with van der Waals surface area (Å²) in [6, 6.07) is 13.6. The van der Waals surface area contributed by atoms with E-state index in [2.05, 4.69) is 9.62 Å². The van der Waals surface area contributed by atoms with Crippen LogP contribution in [0.25, 0.3) is 0 Å². The van der Waals surface area contributed by atoms with Crippen LogP contribution in [0, 0.1) is 5.92 Å². The van der Waals surface area contributed by atoms with Crippen LogP contribution in [0.5, 0.6) is 5.75 Å². The fourth-order valence-corrected chi connectivity index (χ4v) is 4.61. The van der Waals surface area contributed by atoms with Gasteiger partial charge in [0, 0.05) is 13.1 Å². The number of carbonyl (C=O) groups excluding carboxylic acids is 1. The summed E-state index contributed by atoms with van der Waals surface area (Å²) in [6.45, 7) is 6.89. The quantitative estimate of drug-likeness (QED) is 0.674. The Morgan fingerprint density at radius 3 is 2.23 bits per heavy atom. The third-order valence-electron chi connectivity index (χ3n) is 5.09. The first-order chi connectivity index (χ1) is 14.6. The van der Waals surface area contributed by atoms with Gasteiger partial charge >= 0.3 is 5.97 Å². The third kappa shape index (κ3) is 5.91. The number of nitrogens with zero attached hydrogens (tertiary/aromatic N) is 1. The SMILES string of the molecule is COc1ccc(S(=O)(=O)Nc2ccccc2N2CCC(C(=O)OC(C)(C)C)CC2)cc1. The van der Waals surface area contributed by atoms with E-state index in [0.29, 0.717) is 37.4 Å². The number of para-hydroxylation sites is 2. The zero-order valence-corrected chi connectivity index (χ0v) is 19.2. The molecule has 0 aliphatic carbocycles. The Morgan fingerprint density at radius 2 is 1.65 bits per heavy atom. The molecule has 0 spiro atoms. The molecule has 2 aromatic rings. The van der Waals surface area contributed by atoms with Gasteiger partial charge < -0.3 is 14.4 Å². The number of nitrogens with one attached hydrogen (secondary N) is 1. The van der Waals surface area contributed by atoms with Gasteiger partial charge in [0.15, 0.2) is 0 Å². The van der Waals surface area contributed by atoms with Crippen LogP contribution in [0.4, 0.5) is 11.4 Å². The first-order valence-corrected chi connectivity index (χ1v) is 11.8. The van der Waals surface area contributed by atoms with Gasteiger partial charge in [0.05, 0.1) is 29.3 Å². The highest BCUT2D eigenvalue weighted by Crippen LogP contribution is 2.32. The van der Waals surface area contributed by atoms with Gasteiger partial charge in [-0.15, -0.1) is 0 Å². The zero-order chi connectivity index (χ0) is 22.6. The van der Waals surface area contributed by atoms with Crippen LogP contribution in [0.3, 0.4) is 0 Å². The number of methoxy groups -OCH3 is 1. The normalized spacial score (nSPS) is 15.4. The van der Waals surface area contributed by atoms with Crippen molar-refractivity contribution in [3.63, 3.8) is 0 Å². The van der Waals surface area contributed by atoms with Gasteiger partial charge in [-0.05, 0) is 70.0 Å². The lowest BCUT2D eigenvalue weighted by Gasteiger charge is -2.34. The number of sulfonamides is 1. The molecule has 0 amide bonds. The van der Waals surface area contributed by atoms with E-state index in [9.17, 15) is 13.2 Å². The summed E-state index contributed by atoms with van der Waals surface area (Å²) < 4.78 is 39.1. The van der Waals surface area contributed by atoms with Crippen molar-refractivity contribution >= 4 is 27.4 Å². The molecule has 31 heavy (non-hydrogen) atoms.